The molecule has 3 nitrogen and oxygen atoms in total. The van der Waals surface area contributed by atoms with Gasteiger partial charge in [0.25, 0.3) is 5.91 Å². The largest absolute Gasteiger partial charge is 0.457 e. The Labute approximate surface area is 163 Å². The minimum atomic E-state index is -0.0855. The first-order valence-corrected chi connectivity index (χ1v) is 9.32. The van der Waals surface area contributed by atoms with Gasteiger partial charge in [-0.3, -0.25) is 4.79 Å². The molecule has 0 fully saturated rings. The predicted octanol–water partition coefficient (Wildman–Crippen LogP) is 5.75. The lowest BCUT2D eigenvalue weighted by atomic mass is 10.0. The van der Waals surface area contributed by atoms with Gasteiger partial charge in [-0.15, -0.1) is 11.6 Å². The Morgan fingerprint density at radius 1 is 0.926 bits per heavy atom. The molecule has 0 aliphatic carbocycles. The Bertz CT molecular complexity index is 995. The van der Waals surface area contributed by atoms with Crippen LogP contribution >= 0.6 is 11.6 Å². The fourth-order valence-corrected chi connectivity index (χ4v) is 3.28. The van der Waals surface area contributed by atoms with Gasteiger partial charge in [0.2, 0.25) is 0 Å². The summed E-state index contributed by atoms with van der Waals surface area (Å²) in [5, 5.41) is 2.92. The maximum atomic E-state index is 12.4. The number of ether oxygens (including phenoxy) is 1. The molecule has 27 heavy (non-hydrogen) atoms. The molecule has 1 aliphatic rings. The Hall–Kier alpha value is -3.04. The van der Waals surface area contributed by atoms with E-state index in [-0.39, 0.29) is 5.91 Å². The van der Waals surface area contributed by atoms with Gasteiger partial charge in [0, 0.05) is 22.7 Å². The minimum absolute atomic E-state index is 0.0855. The fraction of sp³-hybridized carbons (Fsp3) is 0.0870. The molecule has 0 aromatic heterocycles. The van der Waals surface area contributed by atoms with E-state index in [1.54, 1.807) is 0 Å². The summed E-state index contributed by atoms with van der Waals surface area (Å²) < 4.78 is 5.81. The fourth-order valence-electron chi connectivity index (χ4n) is 3.07. The van der Waals surface area contributed by atoms with E-state index in [9.17, 15) is 4.79 Å². The van der Waals surface area contributed by atoms with Crippen molar-refractivity contribution in [3.63, 3.8) is 0 Å². The van der Waals surface area contributed by atoms with E-state index in [1.807, 2.05) is 78.9 Å². The number of para-hydroxylation sites is 1. The summed E-state index contributed by atoms with van der Waals surface area (Å²) in [5.41, 5.74) is 4.49. The summed E-state index contributed by atoms with van der Waals surface area (Å²) in [5.74, 6) is 2.02. The average molecular weight is 376 g/mol. The van der Waals surface area contributed by atoms with Gasteiger partial charge in [-0.2, -0.15) is 0 Å². The molecular weight excluding hydrogens is 358 g/mol. The summed E-state index contributed by atoms with van der Waals surface area (Å²) in [6.07, 6.45) is 2.68. The van der Waals surface area contributed by atoms with Gasteiger partial charge in [-0.05, 0) is 60.0 Å². The molecule has 3 aromatic rings. The predicted molar refractivity (Wildman–Crippen MR) is 110 cm³/mol. The molecule has 4 heteroatoms. The lowest BCUT2D eigenvalue weighted by Gasteiger charge is -2.06. The zero-order chi connectivity index (χ0) is 18.6. The third kappa shape index (κ3) is 3.88. The topological polar surface area (TPSA) is 38.3 Å². The second-order valence-electron chi connectivity index (χ2n) is 6.32. The number of aryl methyl sites for hydroxylation is 1. The van der Waals surface area contributed by atoms with Crippen LogP contribution in [0.1, 0.15) is 16.7 Å². The first-order valence-electron chi connectivity index (χ1n) is 8.78. The molecule has 134 valence electrons. The molecule has 0 unspecified atom stereocenters. The van der Waals surface area contributed by atoms with E-state index in [4.69, 9.17) is 16.3 Å². The van der Waals surface area contributed by atoms with Crippen LogP contribution in [0.3, 0.4) is 0 Å². The van der Waals surface area contributed by atoms with E-state index in [1.165, 1.54) is 0 Å². The molecule has 0 saturated heterocycles. The molecule has 1 aliphatic heterocycles. The number of carbonyl (C=O) groups excluding carboxylic acids is 1. The van der Waals surface area contributed by atoms with Gasteiger partial charge in [0.1, 0.15) is 11.5 Å². The normalized spacial score (nSPS) is 14.1. The van der Waals surface area contributed by atoms with Crippen molar-refractivity contribution in [2.75, 3.05) is 11.2 Å². The number of amides is 1. The SMILES string of the molecule is O=C1Nc2ccc(CCCl)cc2C1=Cc1ccc(Oc2ccccc2)cc1. The van der Waals surface area contributed by atoms with Crippen LogP contribution in [0.2, 0.25) is 0 Å². The van der Waals surface area contributed by atoms with Gasteiger partial charge in [0.15, 0.2) is 0 Å². The van der Waals surface area contributed by atoms with Crippen molar-refractivity contribution in [2.45, 2.75) is 6.42 Å². The van der Waals surface area contributed by atoms with Crippen LogP contribution in [0.25, 0.3) is 11.6 Å². The summed E-state index contributed by atoms with van der Waals surface area (Å²) in [6.45, 7) is 0. The minimum Gasteiger partial charge on any atom is -0.457 e. The molecule has 0 atom stereocenters. The number of nitrogens with one attached hydrogen (secondary N) is 1. The van der Waals surface area contributed by atoms with Gasteiger partial charge in [-0.1, -0.05) is 36.4 Å². The second-order valence-corrected chi connectivity index (χ2v) is 6.69. The molecule has 0 spiro atoms. The van der Waals surface area contributed by atoms with E-state index < -0.39 is 0 Å². The van der Waals surface area contributed by atoms with Crippen molar-refractivity contribution < 1.29 is 9.53 Å². The van der Waals surface area contributed by atoms with Gasteiger partial charge < -0.3 is 10.1 Å². The van der Waals surface area contributed by atoms with Crippen molar-refractivity contribution in [1.29, 1.82) is 0 Å². The Balaban J connectivity index is 1.59. The maximum Gasteiger partial charge on any atom is 0.256 e. The van der Waals surface area contributed by atoms with E-state index in [0.717, 1.165) is 40.3 Å². The number of anilines is 1. The lowest BCUT2D eigenvalue weighted by Crippen LogP contribution is -2.03. The first-order chi connectivity index (χ1) is 13.2. The third-order valence-electron chi connectivity index (χ3n) is 4.42. The molecule has 1 heterocycles. The Morgan fingerprint density at radius 3 is 2.41 bits per heavy atom. The van der Waals surface area contributed by atoms with Crippen LogP contribution in [0.15, 0.2) is 72.8 Å². The van der Waals surface area contributed by atoms with Crippen LogP contribution in [-0.4, -0.2) is 11.8 Å². The average Bonchev–Trinajstić information content (AvgIpc) is 2.99. The number of halogens is 1. The van der Waals surface area contributed by atoms with E-state index in [0.29, 0.717) is 11.5 Å². The van der Waals surface area contributed by atoms with Crippen molar-refractivity contribution in [3.05, 3.63) is 89.5 Å². The van der Waals surface area contributed by atoms with Gasteiger partial charge >= 0.3 is 0 Å². The monoisotopic (exact) mass is 375 g/mol. The highest BCUT2D eigenvalue weighted by atomic mass is 35.5. The summed E-state index contributed by atoms with van der Waals surface area (Å²) >= 11 is 5.85. The smallest absolute Gasteiger partial charge is 0.256 e. The summed E-state index contributed by atoms with van der Waals surface area (Å²) in [7, 11) is 0. The zero-order valence-electron chi connectivity index (χ0n) is 14.6. The van der Waals surface area contributed by atoms with Crippen LogP contribution in [0.4, 0.5) is 5.69 Å². The molecule has 0 saturated carbocycles. The molecular formula is C23H18ClNO2. The lowest BCUT2D eigenvalue weighted by molar-refractivity contribution is -0.110. The summed E-state index contributed by atoms with van der Waals surface area (Å²) in [4.78, 5) is 12.4. The number of carbonyl (C=O) groups is 1. The number of hydrogen-bond acceptors (Lipinski definition) is 2. The van der Waals surface area contributed by atoms with Crippen LogP contribution in [-0.2, 0) is 11.2 Å². The summed E-state index contributed by atoms with van der Waals surface area (Å²) in [6, 6.07) is 23.3. The number of benzene rings is 3. The standard InChI is InChI=1S/C23H18ClNO2/c24-13-12-17-8-11-22-20(14-17)21(23(26)25-22)15-16-6-9-19(10-7-16)27-18-4-2-1-3-5-18/h1-11,14-15H,12-13H2,(H,25,26). The van der Waals surface area contributed by atoms with Crippen molar-refractivity contribution in [3.8, 4) is 11.5 Å². The highest BCUT2D eigenvalue weighted by Gasteiger charge is 2.24. The van der Waals surface area contributed by atoms with Gasteiger partial charge in [0.05, 0.1) is 0 Å². The Morgan fingerprint density at radius 2 is 1.67 bits per heavy atom. The number of alkyl halides is 1. The molecule has 1 amide bonds. The number of fused-ring (bicyclic) bond motifs is 1. The molecule has 4 rings (SSSR count). The van der Waals surface area contributed by atoms with Crippen molar-refractivity contribution >= 4 is 34.8 Å². The van der Waals surface area contributed by atoms with Crippen LogP contribution in [0.5, 0.6) is 11.5 Å². The maximum absolute atomic E-state index is 12.4. The molecule has 0 bridgehead atoms. The van der Waals surface area contributed by atoms with E-state index in [2.05, 4.69) is 5.32 Å². The van der Waals surface area contributed by atoms with E-state index >= 15 is 0 Å². The molecule has 3 aromatic carbocycles. The third-order valence-corrected chi connectivity index (χ3v) is 4.61. The highest BCUT2D eigenvalue weighted by molar-refractivity contribution is 6.35. The second kappa shape index (κ2) is 7.68. The number of rotatable bonds is 5. The van der Waals surface area contributed by atoms with Crippen molar-refractivity contribution in [2.24, 2.45) is 0 Å². The molecule has 1 N–H and O–H groups in total. The zero-order valence-corrected chi connectivity index (χ0v) is 15.4. The highest BCUT2D eigenvalue weighted by Crippen LogP contribution is 2.34. The van der Waals surface area contributed by atoms with Gasteiger partial charge in [-0.25, -0.2) is 0 Å². The van der Waals surface area contributed by atoms with Crippen molar-refractivity contribution in [1.82, 2.24) is 0 Å². The van der Waals surface area contributed by atoms with Crippen LogP contribution in [0, 0.1) is 0 Å². The quantitative estimate of drug-likeness (QED) is 0.455. The molecule has 0 radical (unpaired) electrons. The first kappa shape index (κ1) is 17.4. The van der Waals surface area contributed by atoms with Crippen LogP contribution < -0.4 is 10.1 Å². The Kier molecular flexibility index (Phi) is 4.95. The number of hydrogen-bond donors (Lipinski definition) is 1.